The largest absolute Gasteiger partial charge is 0.468 e. The molecule has 1 aliphatic heterocycles. The normalized spacial score (nSPS) is 32.3. The number of Topliss-reactive ketones (excluding diaryl/α,β-unsaturated/α-hetero) is 1. The number of ketones is 1. The fourth-order valence-electron chi connectivity index (χ4n) is 5.79. The van der Waals surface area contributed by atoms with Crippen LogP contribution < -0.4 is 0 Å². The van der Waals surface area contributed by atoms with Crippen LogP contribution in [0.2, 0.25) is 0 Å². The highest BCUT2D eigenvalue weighted by Gasteiger charge is 2.83. The van der Waals surface area contributed by atoms with Gasteiger partial charge in [-0.25, -0.2) is 0 Å². The third-order valence-corrected chi connectivity index (χ3v) is 6.95. The first-order chi connectivity index (χ1) is 14.0. The second-order valence-corrected chi connectivity index (χ2v) is 7.91. The first kappa shape index (κ1) is 17.9. The van der Waals surface area contributed by atoms with Gasteiger partial charge in [-0.3, -0.25) is 14.4 Å². The summed E-state index contributed by atoms with van der Waals surface area (Å²) in [6.07, 6.45) is 0. The molecule has 5 nitrogen and oxygen atoms in total. The molecule has 146 valence electrons. The molecule has 0 N–H and O–H groups in total. The van der Waals surface area contributed by atoms with Gasteiger partial charge in [-0.2, -0.15) is 0 Å². The van der Waals surface area contributed by atoms with E-state index in [1.807, 2.05) is 67.6 Å². The lowest BCUT2D eigenvalue weighted by atomic mass is 9.62. The van der Waals surface area contributed by atoms with E-state index in [0.29, 0.717) is 11.1 Å². The highest BCUT2D eigenvalue weighted by atomic mass is 16.5. The van der Waals surface area contributed by atoms with Crippen molar-refractivity contribution in [2.24, 2.45) is 22.7 Å². The van der Waals surface area contributed by atoms with Crippen LogP contribution >= 0.6 is 0 Å². The minimum Gasteiger partial charge on any atom is -0.468 e. The SMILES string of the molecule is COC(=O)[C@]12C(=O)[C@@]3(C(=O)OC[C@H]3[C@@H]1C)C(c1ccccc1)=C2c1ccccc1. The molecular formula is C24H20O5. The Morgan fingerprint density at radius 1 is 0.966 bits per heavy atom. The maximum Gasteiger partial charge on any atom is 0.324 e. The van der Waals surface area contributed by atoms with Crippen molar-refractivity contribution in [3.8, 4) is 0 Å². The lowest BCUT2D eigenvalue weighted by Crippen LogP contribution is -2.43. The van der Waals surface area contributed by atoms with Gasteiger partial charge >= 0.3 is 11.9 Å². The van der Waals surface area contributed by atoms with Gasteiger partial charge in [0, 0.05) is 5.92 Å². The number of hydrogen-bond acceptors (Lipinski definition) is 5. The van der Waals surface area contributed by atoms with E-state index in [1.54, 1.807) is 0 Å². The number of carbonyl (C=O) groups is 3. The molecule has 1 saturated carbocycles. The van der Waals surface area contributed by atoms with E-state index in [4.69, 9.17) is 9.47 Å². The molecule has 0 aromatic heterocycles. The van der Waals surface area contributed by atoms with E-state index < -0.39 is 40.4 Å². The summed E-state index contributed by atoms with van der Waals surface area (Å²) >= 11 is 0. The van der Waals surface area contributed by atoms with Crippen LogP contribution in [0.1, 0.15) is 18.1 Å². The van der Waals surface area contributed by atoms with Crippen LogP contribution in [0.15, 0.2) is 60.7 Å². The Kier molecular flexibility index (Phi) is 3.63. The minimum atomic E-state index is -1.52. The van der Waals surface area contributed by atoms with Crippen molar-refractivity contribution < 1.29 is 23.9 Å². The van der Waals surface area contributed by atoms with Gasteiger partial charge in [-0.1, -0.05) is 67.6 Å². The summed E-state index contributed by atoms with van der Waals surface area (Å²) < 4.78 is 10.6. The highest BCUT2D eigenvalue weighted by molar-refractivity contribution is 6.38. The predicted octanol–water partition coefficient (Wildman–Crippen LogP) is 3.15. The Morgan fingerprint density at radius 3 is 2.07 bits per heavy atom. The molecule has 2 fully saturated rings. The molecule has 4 atom stereocenters. The summed E-state index contributed by atoms with van der Waals surface area (Å²) in [4.78, 5) is 40.5. The highest BCUT2D eigenvalue weighted by Crippen LogP contribution is 2.73. The molecule has 0 unspecified atom stereocenters. The third-order valence-electron chi connectivity index (χ3n) is 6.95. The molecule has 29 heavy (non-hydrogen) atoms. The number of benzene rings is 2. The van der Waals surface area contributed by atoms with E-state index in [-0.39, 0.29) is 6.61 Å². The number of carbonyl (C=O) groups excluding carboxylic acids is 3. The molecule has 1 spiro atoms. The fraction of sp³-hybridized carbons (Fsp3) is 0.292. The summed E-state index contributed by atoms with van der Waals surface area (Å²) in [5.41, 5.74) is -0.340. The smallest absolute Gasteiger partial charge is 0.324 e. The molecule has 2 aromatic carbocycles. The van der Waals surface area contributed by atoms with Crippen molar-refractivity contribution in [2.45, 2.75) is 6.92 Å². The summed E-state index contributed by atoms with van der Waals surface area (Å²) in [6, 6.07) is 18.7. The number of ether oxygens (including phenoxy) is 2. The monoisotopic (exact) mass is 388 g/mol. The summed E-state index contributed by atoms with van der Waals surface area (Å²) in [7, 11) is 1.29. The predicted molar refractivity (Wildman–Crippen MR) is 105 cm³/mol. The summed E-state index contributed by atoms with van der Waals surface area (Å²) in [5.74, 6) is -2.40. The molecule has 5 heteroatoms. The lowest BCUT2D eigenvalue weighted by molar-refractivity contribution is -0.157. The molecule has 1 heterocycles. The number of esters is 2. The maximum absolute atomic E-state index is 14.0. The number of fused-ring (bicyclic) bond motifs is 1. The molecule has 2 aromatic rings. The Hall–Kier alpha value is -3.21. The van der Waals surface area contributed by atoms with Gasteiger partial charge in [0.25, 0.3) is 0 Å². The zero-order valence-electron chi connectivity index (χ0n) is 16.2. The van der Waals surface area contributed by atoms with E-state index in [0.717, 1.165) is 11.1 Å². The standard InChI is InChI=1S/C24H20O5/c1-14-17-13-29-22(27)24(17)19(16-11-7-4-8-12-16)18(15-9-5-3-6-10-15)23(14,20(24)25)21(26)28-2/h3-12,14,17H,13H2,1-2H3/t14-,17-,23+,24-/m0/s1. The van der Waals surface area contributed by atoms with Gasteiger partial charge in [0.1, 0.15) is 0 Å². The van der Waals surface area contributed by atoms with Crippen LogP contribution in [0.3, 0.4) is 0 Å². The van der Waals surface area contributed by atoms with Gasteiger partial charge < -0.3 is 9.47 Å². The Labute approximate surface area is 168 Å². The molecule has 0 radical (unpaired) electrons. The minimum absolute atomic E-state index is 0.128. The van der Waals surface area contributed by atoms with Crippen LogP contribution in [0.25, 0.3) is 11.1 Å². The van der Waals surface area contributed by atoms with Crippen molar-refractivity contribution in [3.05, 3.63) is 71.8 Å². The van der Waals surface area contributed by atoms with Crippen molar-refractivity contribution in [1.82, 2.24) is 0 Å². The van der Waals surface area contributed by atoms with Crippen molar-refractivity contribution in [3.63, 3.8) is 0 Å². The van der Waals surface area contributed by atoms with Gasteiger partial charge in [-0.15, -0.1) is 0 Å². The molecule has 2 bridgehead atoms. The van der Waals surface area contributed by atoms with Crippen LogP contribution in [-0.4, -0.2) is 31.4 Å². The van der Waals surface area contributed by atoms with E-state index in [1.165, 1.54) is 7.11 Å². The summed E-state index contributed by atoms with van der Waals surface area (Å²) in [6.45, 7) is 1.98. The van der Waals surface area contributed by atoms with Crippen molar-refractivity contribution >= 4 is 28.9 Å². The van der Waals surface area contributed by atoms with Gasteiger partial charge in [0.2, 0.25) is 0 Å². The second-order valence-electron chi connectivity index (χ2n) is 7.91. The van der Waals surface area contributed by atoms with E-state index in [2.05, 4.69) is 0 Å². The van der Waals surface area contributed by atoms with Crippen LogP contribution in [0.4, 0.5) is 0 Å². The first-order valence-corrected chi connectivity index (χ1v) is 9.69. The molecule has 5 rings (SSSR count). The Balaban J connectivity index is 1.97. The van der Waals surface area contributed by atoms with Gasteiger partial charge in [0.15, 0.2) is 16.6 Å². The lowest BCUT2D eigenvalue weighted by Gasteiger charge is -2.36. The molecular weight excluding hydrogens is 368 g/mol. The first-order valence-electron chi connectivity index (χ1n) is 9.69. The van der Waals surface area contributed by atoms with Gasteiger partial charge in [0.05, 0.1) is 13.7 Å². The zero-order valence-corrected chi connectivity index (χ0v) is 16.2. The molecule has 0 amide bonds. The Morgan fingerprint density at radius 2 is 1.52 bits per heavy atom. The average molecular weight is 388 g/mol. The van der Waals surface area contributed by atoms with Gasteiger partial charge in [-0.05, 0) is 28.2 Å². The van der Waals surface area contributed by atoms with E-state index in [9.17, 15) is 14.4 Å². The molecule has 3 aliphatic rings. The topological polar surface area (TPSA) is 69.7 Å². The van der Waals surface area contributed by atoms with E-state index >= 15 is 0 Å². The van der Waals surface area contributed by atoms with Crippen molar-refractivity contribution in [1.29, 1.82) is 0 Å². The van der Waals surface area contributed by atoms with Crippen molar-refractivity contribution in [2.75, 3.05) is 13.7 Å². The second kappa shape index (κ2) is 5.89. The number of cyclic esters (lactones) is 1. The fourth-order valence-corrected chi connectivity index (χ4v) is 5.79. The Bertz CT molecular complexity index is 1070. The molecule has 2 aliphatic carbocycles. The maximum atomic E-state index is 14.0. The van der Waals surface area contributed by atoms with Crippen LogP contribution in [-0.2, 0) is 23.9 Å². The number of hydrogen-bond donors (Lipinski definition) is 0. The summed E-state index contributed by atoms with van der Waals surface area (Å²) in [5, 5.41) is 0. The third kappa shape index (κ3) is 1.83. The zero-order chi connectivity index (χ0) is 20.4. The number of methoxy groups -OCH3 is 1. The average Bonchev–Trinajstić information content (AvgIpc) is 3.30. The number of rotatable bonds is 3. The van der Waals surface area contributed by atoms with Crippen LogP contribution in [0.5, 0.6) is 0 Å². The quantitative estimate of drug-likeness (QED) is 0.597. The molecule has 1 saturated heterocycles. The van der Waals surface area contributed by atoms with Crippen LogP contribution in [0, 0.1) is 22.7 Å².